The second kappa shape index (κ2) is 10.1. The highest BCUT2D eigenvalue weighted by Gasteiger charge is 2.34. The summed E-state index contributed by atoms with van der Waals surface area (Å²) in [6.45, 7) is 3.65. The smallest absolute Gasteiger partial charge is 0.261 e. The Morgan fingerprint density at radius 2 is 1.55 bits per heavy atom. The fourth-order valence-corrected chi connectivity index (χ4v) is 4.91. The van der Waals surface area contributed by atoms with Gasteiger partial charge < -0.3 is 10.2 Å². The van der Waals surface area contributed by atoms with Crippen LogP contribution in [-0.4, -0.2) is 65.2 Å². The first-order chi connectivity index (χ1) is 15.1. The number of hydrogen-bond acceptors (Lipinski definition) is 5. The number of imide groups is 1. The molecule has 2 aliphatic heterocycles. The van der Waals surface area contributed by atoms with Gasteiger partial charge in [-0.3, -0.25) is 19.3 Å². The molecule has 0 spiro atoms. The van der Waals surface area contributed by atoms with Gasteiger partial charge in [0.2, 0.25) is 5.91 Å². The number of carbonyl (C=O) groups excluding carboxylic acids is 3. The molecule has 7 heteroatoms. The van der Waals surface area contributed by atoms with Crippen LogP contribution < -0.4 is 5.32 Å². The molecule has 31 heavy (non-hydrogen) atoms. The van der Waals surface area contributed by atoms with Crippen molar-refractivity contribution in [2.45, 2.75) is 19.3 Å². The number of fused-ring (bicyclic) bond motifs is 1. The molecule has 162 valence electrons. The lowest BCUT2D eigenvalue weighted by atomic mass is 10.1. The van der Waals surface area contributed by atoms with Gasteiger partial charge in [0.25, 0.3) is 11.8 Å². The molecule has 2 heterocycles. The second-order valence-electron chi connectivity index (χ2n) is 7.86. The molecule has 0 atom stereocenters. The third-order valence-corrected chi connectivity index (χ3v) is 6.66. The topological polar surface area (TPSA) is 69.7 Å². The molecule has 0 aromatic heterocycles. The lowest BCUT2D eigenvalue weighted by molar-refractivity contribution is -0.116. The SMILES string of the molecule is O=C(CCCN1C(=O)c2ccccc2C1=O)Nc1ccc(CCN2CCSCC2)cc1. The van der Waals surface area contributed by atoms with E-state index in [9.17, 15) is 14.4 Å². The van der Waals surface area contributed by atoms with E-state index < -0.39 is 0 Å². The van der Waals surface area contributed by atoms with Crippen LogP contribution in [0.25, 0.3) is 0 Å². The third kappa shape index (κ3) is 5.35. The van der Waals surface area contributed by atoms with E-state index in [-0.39, 0.29) is 30.7 Å². The Balaban J connectivity index is 1.20. The molecule has 0 radical (unpaired) electrons. The summed E-state index contributed by atoms with van der Waals surface area (Å²) in [7, 11) is 0. The summed E-state index contributed by atoms with van der Waals surface area (Å²) in [6, 6.07) is 14.8. The van der Waals surface area contributed by atoms with Crippen molar-refractivity contribution >= 4 is 35.2 Å². The molecule has 3 amide bonds. The summed E-state index contributed by atoms with van der Waals surface area (Å²) in [5, 5.41) is 2.90. The molecule has 0 saturated carbocycles. The first-order valence-electron chi connectivity index (χ1n) is 10.8. The average molecular weight is 438 g/mol. The van der Waals surface area contributed by atoms with Gasteiger partial charge >= 0.3 is 0 Å². The number of nitrogens with zero attached hydrogens (tertiary/aromatic N) is 2. The highest BCUT2D eigenvalue weighted by Crippen LogP contribution is 2.22. The maximum absolute atomic E-state index is 12.4. The van der Waals surface area contributed by atoms with E-state index in [0.29, 0.717) is 17.5 Å². The van der Waals surface area contributed by atoms with Gasteiger partial charge in [-0.25, -0.2) is 0 Å². The van der Waals surface area contributed by atoms with E-state index in [0.717, 1.165) is 18.7 Å². The van der Waals surface area contributed by atoms with Gasteiger partial charge in [0, 0.05) is 49.8 Å². The number of nitrogens with one attached hydrogen (secondary N) is 1. The van der Waals surface area contributed by atoms with E-state index in [1.165, 1.54) is 35.1 Å². The number of thioether (sulfide) groups is 1. The fraction of sp³-hybridized carbons (Fsp3) is 0.375. The monoisotopic (exact) mass is 437 g/mol. The van der Waals surface area contributed by atoms with Crippen LogP contribution >= 0.6 is 11.8 Å². The van der Waals surface area contributed by atoms with Crippen molar-refractivity contribution in [2.75, 3.05) is 43.0 Å². The first-order valence-corrected chi connectivity index (χ1v) is 11.9. The molecule has 1 N–H and O–H groups in total. The van der Waals surface area contributed by atoms with E-state index in [1.807, 2.05) is 23.9 Å². The Kier molecular flexibility index (Phi) is 7.04. The standard InChI is InChI=1S/C24H27N3O3S/c28-22(6-3-12-27-23(29)20-4-1-2-5-21(20)24(27)30)25-19-9-7-18(8-10-19)11-13-26-14-16-31-17-15-26/h1-2,4-5,7-10H,3,6,11-17H2,(H,25,28). The molecule has 1 saturated heterocycles. The van der Waals surface area contributed by atoms with Crippen LogP contribution in [0.1, 0.15) is 39.1 Å². The lowest BCUT2D eigenvalue weighted by Crippen LogP contribution is -2.34. The number of rotatable bonds is 8. The zero-order valence-corrected chi connectivity index (χ0v) is 18.3. The van der Waals surface area contributed by atoms with Crippen LogP contribution in [0.2, 0.25) is 0 Å². The van der Waals surface area contributed by atoms with Crippen molar-refractivity contribution in [3.63, 3.8) is 0 Å². The largest absolute Gasteiger partial charge is 0.326 e. The van der Waals surface area contributed by atoms with Crippen LogP contribution in [0.15, 0.2) is 48.5 Å². The lowest BCUT2D eigenvalue weighted by Gasteiger charge is -2.26. The van der Waals surface area contributed by atoms with E-state index in [1.54, 1.807) is 24.3 Å². The van der Waals surface area contributed by atoms with E-state index in [2.05, 4.69) is 22.3 Å². The quantitative estimate of drug-likeness (QED) is 0.642. The summed E-state index contributed by atoms with van der Waals surface area (Å²) in [4.78, 5) is 40.7. The summed E-state index contributed by atoms with van der Waals surface area (Å²) in [6.07, 6.45) is 1.70. The third-order valence-electron chi connectivity index (χ3n) is 5.72. The summed E-state index contributed by atoms with van der Waals surface area (Å²) in [5.41, 5.74) is 2.91. The molecule has 6 nitrogen and oxygen atoms in total. The Morgan fingerprint density at radius 3 is 2.19 bits per heavy atom. The molecule has 2 aromatic rings. The molecule has 2 aromatic carbocycles. The fourth-order valence-electron chi connectivity index (χ4n) is 3.93. The number of carbonyl (C=O) groups is 3. The maximum atomic E-state index is 12.4. The Labute approximate surface area is 187 Å². The first kappa shape index (κ1) is 21.6. The van der Waals surface area contributed by atoms with Gasteiger partial charge in [-0.05, 0) is 42.7 Å². The summed E-state index contributed by atoms with van der Waals surface area (Å²) in [5.74, 6) is 1.77. The predicted molar refractivity (Wildman–Crippen MR) is 124 cm³/mol. The molecule has 2 aliphatic rings. The van der Waals surface area contributed by atoms with E-state index in [4.69, 9.17) is 0 Å². The van der Waals surface area contributed by atoms with Crippen molar-refractivity contribution < 1.29 is 14.4 Å². The van der Waals surface area contributed by atoms with Crippen molar-refractivity contribution in [3.05, 3.63) is 65.2 Å². The maximum Gasteiger partial charge on any atom is 0.261 e. The van der Waals surface area contributed by atoms with Crippen LogP contribution in [0.3, 0.4) is 0 Å². The van der Waals surface area contributed by atoms with Crippen molar-refractivity contribution in [1.29, 1.82) is 0 Å². The van der Waals surface area contributed by atoms with Crippen molar-refractivity contribution in [3.8, 4) is 0 Å². The highest BCUT2D eigenvalue weighted by molar-refractivity contribution is 7.99. The Morgan fingerprint density at radius 1 is 0.903 bits per heavy atom. The molecular weight excluding hydrogens is 410 g/mol. The van der Waals surface area contributed by atoms with Gasteiger partial charge in [-0.2, -0.15) is 11.8 Å². The molecule has 0 aliphatic carbocycles. The minimum Gasteiger partial charge on any atom is -0.326 e. The van der Waals surface area contributed by atoms with Gasteiger partial charge in [0.1, 0.15) is 0 Å². The number of hydrogen-bond donors (Lipinski definition) is 1. The van der Waals surface area contributed by atoms with Crippen LogP contribution in [0, 0.1) is 0 Å². The highest BCUT2D eigenvalue weighted by atomic mass is 32.2. The van der Waals surface area contributed by atoms with Crippen molar-refractivity contribution in [1.82, 2.24) is 9.80 Å². The Hall–Kier alpha value is -2.64. The zero-order valence-electron chi connectivity index (χ0n) is 17.5. The number of amides is 3. The molecule has 4 rings (SSSR count). The minimum atomic E-state index is -0.278. The van der Waals surface area contributed by atoms with Gasteiger partial charge in [0.15, 0.2) is 0 Å². The predicted octanol–water partition coefficient (Wildman–Crippen LogP) is 3.29. The van der Waals surface area contributed by atoms with Gasteiger partial charge in [-0.15, -0.1) is 0 Å². The normalized spacial score (nSPS) is 16.5. The average Bonchev–Trinajstić information content (AvgIpc) is 3.04. The molecule has 1 fully saturated rings. The van der Waals surface area contributed by atoms with Crippen LogP contribution in [0.5, 0.6) is 0 Å². The Bertz CT molecular complexity index is 920. The second-order valence-corrected chi connectivity index (χ2v) is 9.08. The number of anilines is 1. The zero-order chi connectivity index (χ0) is 21.6. The molecule has 0 unspecified atom stereocenters. The summed E-state index contributed by atoms with van der Waals surface area (Å²) < 4.78 is 0. The number of benzene rings is 2. The minimum absolute atomic E-state index is 0.116. The van der Waals surface area contributed by atoms with Gasteiger partial charge in [0.05, 0.1) is 11.1 Å². The van der Waals surface area contributed by atoms with Gasteiger partial charge in [-0.1, -0.05) is 24.3 Å². The van der Waals surface area contributed by atoms with Crippen LogP contribution in [0.4, 0.5) is 5.69 Å². The molecular formula is C24H27N3O3S. The van der Waals surface area contributed by atoms with Crippen molar-refractivity contribution in [2.24, 2.45) is 0 Å². The van der Waals surface area contributed by atoms with Crippen LogP contribution in [-0.2, 0) is 11.2 Å². The molecule has 0 bridgehead atoms. The van der Waals surface area contributed by atoms with E-state index >= 15 is 0 Å². The summed E-state index contributed by atoms with van der Waals surface area (Å²) >= 11 is 2.02.